The van der Waals surface area contributed by atoms with Gasteiger partial charge in [0.15, 0.2) is 0 Å². The lowest BCUT2D eigenvalue weighted by Crippen LogP contribution is -2.20. The zero-order valence-electron chi connectivity index (χ0n) is 17.5. The highest BCUT2D eigenvalue weighted by molar-refractivity contribution is 5.95. The molecule has 1 aliphatic rings. The van der Waals surface area contributed by atoms with E-state index in [2.05, 4.69) is 16.0 Å². The molecule has 0 fully saturated rings. The fourth-order valence-corrected chi connectivity index (χ4v) is 4.08. The van der Waals surface area contributed by atoms with Crippen LogP contribution in [0.3, 0.4) is 0 Å². The van der Waals surface area contributed by atoms with Crippen molar-refractivity contribution in [2.45, 2.75) is 13.1 Å². The van der Waals surface area contributed by atoms with E-state index in [1.54, 1.807) is 29.0 Å². The van der Waals surface area contributed by atoms with Gasteiger partial charge >= 0.3 is 5.97 Å². The van der Waals surface area contributed by atoms with Crippen LogP contribution in [0.4, 0.5) is 5.69 Å². The van der Waals surface area contributed by atoms with E-state index in [0.717, 1.165) is 11.3 Å². The number of ether oxygens (including phenoxy) is 1. The first kappa shape index (κ1) is 20.2. The van der Waals surface area contributed by atoms with E-state index in [0.29, 0.717) is 35.9 Å². The maximum atomic E-state index is 13.0. The molecule has 9 nitrogen and oxygen atoms in total. The van der Waals surface area contributed by atoms with Gasteiger partial charge in [-0.3, -0.25) is 9.78 Å². The van der Waals surface area contributed by atoms with Gasteiger partial charge in [-0.05, 0) is 29.8 Å². The summed E-state index contributed by atoms with van der Waals surface area (Å²) in [5, 5.41) is 19.6. The van der Waals surface area contributed by atoms with Crippen LogP contribution in [0, 0.1) is 11.3 Å². The van der Waals surface area contributed by atoms with Crippen molar-refractivity contribution >= 4 is 22.6 Å². The Morgan fingerprint density at radius 2 is 2.06 bits per heavy atom. The number of hydrogen-bond acceptors (Lipinski definition) is 7. The number of anilines is 1. The van der Waals surface area contributed by atoms with Gasteiger partial charge in [0.25, 0.3) is 0 Å². The Bertz CT molecular complexity index is 1490. The molecule has 0 saturated carbocycles. The van der Waals surface area contributed by atoms with Gasteiger partial charge in [0.05, 0.1) is 48.0 Å². The molecule has 3 aromatic heterocycles. The van der Waals surface area contributed by atoms with Gasteiger partial charge in [-0.1, -0.05) is 6.07 Å². The summed E-state index contributed by atoms with van der Waals surface area (Å²) < 4.78 is 6.70. The molecule has 1 aromatic carbocycles. The van der Waals surface area contributed by atoms with Crippen molar-refractivity contribution in [1.82, 2.24) is 14.5 Å². The standard InChI is InChI=1S/C24H17N5O4/c1-33-22-5-4-16(10-27-22)29-12-18(24(31)32)23(30)17-7-15(9-25)20(8-21(17)29)28-11-14-3-2-6-26-19(14)13-28/h2-8,10,12H,11,13H2,1H3,(H,31,32). The predicted molar refractivity (Wildman–Crippen MR) is 120 cm³/mol. The van der Waals surface area contributed by atoms with Gasteiger partial charge in [-0.15, -0.1) is 0 Å². The van der Waals surface area contributed by atoms with E-state index in [4.69, 9.17) is 4.74 Å². The summed E-state index contributed by atoms with van der Waals surface area (Å²) in [5.41, 5.74) is 2.89. The second-order valence-electron chi connectivity index (χ2n) is 7.57. The van der Waals surface area contributed by atoms with Crippen molar-refractivity contribution in [1.29, 1.82) is 5.26 Å². The molecule has 0 radical (unpaired) electrons. The molecule has 0 amide bonds. The largest absolute Gasteiger partial charge is 0.481 e. The monoisotopic (exact) mass is 439 g/mol. The van der Waals surface area contributed by atoms with E-state index in [1.165, 1.54) is 25.6 Å². The Kier molecular flexibility index (Phi) is 4.75. The van der Waals surface area contributed by atoms with Crippen molar-refractivity contribution in [2.75, 3.05) is 12.0 Å². The van der Waals surface area contributed by atoms with Crippen molar-refractivity contribution in [2.24, 2.45) is 0 Å². The van der Waals surface area contributed by atoms with Crippen LogP contribution < -0.4 is 15.1 Å². The summed E-state index contributed by atoms with van der Waals surface area (Å²) in [6.45, 7) is 1.10. The molecular formula is C24H17N5O4. The lowest BCUT2D eigenvalue weighted by atomic mass is 10.1. The van der Waals surface area contributed by atoms with E-state index in [-0.39, 0.29) is 10.9 Å². The Morgan fingerprint density at radius 3 is 2.73 bits per heavy atom. The molecule has 4 aromatic rings. The number of carboxylic acids is 1. The van der Waals surface area contributed by atoms with Crippen molar-refractivity contribution < 1.29 is 14.6 Å². The van der Waals surface area contributed by atoms with Crippen LogP contribution in [0.15, 0.2) is 59.8 Å². The molecule has 162 valence electrons. The zero-order valence-corrected chi connectivity index (χ0v) is 17.5. The molecule has 1 aliphatic heterocycles. The predicted octanol–water partition coefficient (Wildman–Crippen LogP) is 2.88. The summed E-state index contributed by atoms with van der Waals surface area (Å²) in [5.74, 6) is -0.946. The highest BCUT2D eigenvalue weighted by atomic mass is 16.5. The SMILES string of the molecule is COc1ccc(-n2cc(C(=O)O)c(=O)c3cc(C#N)c(N4Cc5cccnc5C4)cc32)cn1. The summed E-state index contributed by atoms with van der Waals surface area (Å²) in [6, 6.07) is 12.6. The molecule has 0 bridgehead atoms. The first-order chi connectivity index (χ1) is 16.0. The number of rotatable bonds is 4. The third kappa shape index (κ3) is 3.34. The number of nitriles is 1. The minimum absolute atomic E-state index is 0.140. The van der Waals surface area contributed by atoms with E-state index < -0.39 is 17.0 Å². The molecule has 0 atom stereocenters. The zero-order chi connectivity index (χ0) is 23.1. The second-order valence-corrected chi connectivity index (χ2v) is 7.57. The molecule has 33 heavy (non-hydrogen) atoms. The molecule has 0 aliphatic carbocycles. The van der Waals surface area contributed by atoms with Crippen LogP contribution >= 0.6 is 0 Å². The van der Waals surface area contributed by atoms with Gasteiger partial charge in [0.1, 0.15) is 11.6 Å². The Balaban J connectivity index is 1.76. The molecule has 1 N–H and O–H groups in total. The Morgan fingerprint density at radius 1 is 1.21 bits per heavy atom. The second kappa shape index (κ2) is 7.76. The molecule has 9 heteroatoms. The number of hydrogen-bond donors (Lipinski definition) is 1. The minimum Gasteiger partial charge on any atom is -0.481 e. The summed E-state index contributed by atoms with van der Waals surface area (Å²) in [6.07, 6.45) is 4.55. The highest BCUT2D eigenvalue weighted by Crippen LogP contribution is 2.33. The van der Waals surface area contributed by atoms with Gasteiger partial charge in [0.2, 0.25) is 11.3 Å². The number of aromatic nitrogens is 3. The number of fused-ring (bicyclic) bond motifs is 2. The average molecular weight is 439 g/mol. The number of carbonyl (C=O) groups is 1. The maximum Gasteiger partial charge on any atom is 0.341 e. The number of aromatic carboxylic acids is 1. The first-order valence-corrected chi connectivity index (χ1v) is 10.0. The van der Waals surface area contributed by atoms with Crippen molar-refractivity contribution in [3.05, 3.63) is 87.6 Å². The molecule has 4 heterocycles. The van der Waals surface area contributed by atoms with E-state index in [1.807, 2.05) is 17.0 Å². The summed E-state index contributed by atoms with van der Waals surface area (Å²) in [7, 11) is 1.50. The fraction of sp³-hybridized carbons (Fsp3) is 0.125. The van der Waals surface area contributed by atoms with Crippen LogP contribution in [0.5, 0.6) is 5.88 Å². The molecular weight excluding hydrogens is 422 g/mol. The molecule has 0 spiro atoms. The van der Waals surface area contributed by atoms with Gasteiger partial charge < -0.3 is 19.3 Å². The van der Waals surface area contributed by atoms with Crippen molar-refractivity contribution in [3.8, 4) is 17.6 Å². The van der Waals surface area contributed by atoms with Gasteiger partial charge in [-0.25, -0.2) is 9.78 Å². The fourth-order valence-electron chi connectivity index (χ4n) is 4.08. The quantitative estimate of drug-likeness (QED) is 0.515. The van der Waals surface area contributed by atoms with Crippen LogP contribution in [-0.4, -0.2) is 32.7 Å². The molecule has 5 rings (SSSR count). The number of pyridine rings is 3. The van der Waals surface area contributed by atoms with Crippen LogP contribution in [0.25, 0.3) is 16.6 Å². The van der Waals surface area contributed by atoms with E-state index in [9.17, 15) is 20.0 Å². The normalized spacial score (nSPS) is 12.4. The summed E-state index contributed by atoms with van der Waals surface area (Å²) >= 11 is 0. The maximum absolute atomic E-state index is 13.0. The first-order valence-electron chi connectivity index (χ1n) is 10.0. The lowest BCUT2D eigenvalue weighted by Gasteiger charge is -2.21. The van der Waals surface area contributed by atoms with Gasteiger partial charge in [-0.2, -0.15) is 5.26 Å². The van der Waals surface area contributed by atoms with Crippen molar-refractivity contribution in [3.63, 3.8) is 0 Å². The number of nitrogens with zero attached hydrogens (tertiary/aromatic N) is 5. The average Bonchev–Trinajstić information content (AvgIpc) is 3.27. The van der Waals surface area contributed by atoms with Gasteiger partial charge in [0, 0.05) is 30.4 Å². The minimum atomic E-state index is -1.35. The number of carboxylic acid groups (broad SMARTS) is 1. The van der Waals surface area contributed by atoms with Crippen LogP contribution in [0.2, 0.25) is 0 Å². The number of benzene rings is 1. The van der Waals surface area contributed by atoms with Crippen LogP contribution in [-0.2, 0) is 13.1 Å². The third-order valence-electron chi connectivity index (χ3n) is 5.71. The number of methoxy groups -OCH3 is 1. The lowest BCUT2D eigenvalue weighted by molar-refractivity contribution is 0.0695. The Labute approximate surface area is 187 Å². The smallest absolute Gasteiger partial charge is 0.341 e. The molecule has 0 saturated heterocycles. The Hall–Kier alpha value is -4.71. The molecule has 0 unspecified atom stereocenters. The van der Waals surface area contributed by atoms with E-state index >= 15 is 0 Å². The summed E-state index contributed by atoms with van der Waals surface area (Å²) in [4.78, 5) is 35.4. The topological polar surface area (TPSA) is 121 Å². The van der Waals surface area contributed by atoms with Crippen LogP contribution in [0.1, 0.15) is 27.2 Å². The third-order valence-corrected chi connectivity index (χ3v) is 5.71. The highest BCUT2D eigenvalue weighted by Gasteiger charge is 2.24.